The van der Waals surface area contributed by atoms with Gasteiger partial charge in [-0.25, -0.2) is 9.55 Å². The number of likely N-dealkylation sites (tertiary alicyclic amines) is 1. The molecule has 0 radical (unpaired) electrons. The first-order valence-corrected chi connectivity index (χ1v) is 22.8. The van der Waals surface area contributed by atoms with E-state index in [-0.39, 0.29) is 38.1 Å². The summed E-state index contributed by atoms with van der Waals surface area (Å²) in [7, 11) is -5.31. The highest BCUT2D eigenvalue weighted by Gasteiger charge is 2.40. The molecule has 1 fully saturated rings. The second-order valence-electron chi connectivity index (χ2n) is 16.4. The predicted octanol–water partition coefficient (Wildman–Crippen LogP) is -6.55. The summed E-state index contributed by atoms with van der Waals surface area (Å²) in [6, 6.07) is -14.4. The number of carbonyl (C=O) groups is 10. The summed E-state index contributed by atoms with van der Waals surface area (Å²) in [6.45, 7) is 5.23. The maximum atomic E-state index is 13.8. The number of H-pyrrole nitrogens is 1. The van der Waals surface area contributed by atoms with Crippen molar-refractivity contribution >= 4 is 67.0 Å². The highest BCUT2D eigenvalue weighted by molar-refractivity contribution is 7.46. The summed E-state index contributed by atoms with van der Waals surface area (Å²) >= 11 is 0. The van der Waals surface area contributed by atoms with Crippen molar-refractivity contribution in [2.24, 2.45) is 11.7 Å². The van der Waals surface area contributed by atoms with Crippen molar-refractivity contribution in [3.05, 3.63) is 18.2 Å². The van der Waals surface area contributed by atoms with Gasteiger partial charge in [0.15, 0.2) is 0 Å². The van der Waals surface area contributed by atoms with Crippen LogP contribution in [0.4, 0.5) is 0 Å². The average Bonchev–Trinajstić information content (AvgIpc) is 3.97. The van der Waals surface area contributed by atoms with Gasteiger partial charge in [-0.05, 0) is 52.9 Å². The van der Waals surface area contributed by atoms with E-state index in [1.807, 2.05) is 0 Å². The van der Waals surface area contributed by atoms with Crippen LogP contribution in [0.5, 0.6) is 0 Å². The Hall–Kier alpha value is -6.10. The number of carbonyl (C=O) groups excluding carboxylic acids is 9. The highest BCUT2D eigenvalue weighted by Crippen LogP contribution is 2.35. The summed E-state index contributed by atoms with van der Waals surface area (Å²) in [5.41, 5.74) is 5.85. The zero-order chi connectivity index (χ0) is 51.6. The molecule has 29 nitrogen and oxygen atoms in total. The number of amides is 9. The SMILES string of the molecule is CC(C)C[C@H](NC(=O)[C@H](CO)NC(=O)[C@H](C)NC(=O)[C@@H]1CCCN1C(=O)[C@H](CO)NC(=O)[C@H](COP(=O)(O)O)NC(=O)[C@H](Cc1cnc[nH]1)NC(=O)[C@H](C)NC(=O)[C@H](C)N)C(=O)N[C@@H](C)C(=O)O. The minimum atomic E-state index is -5.31. The van der Waals surface area contributed by atoms with E-state index in [4.69, 9.17) is 10.8 Å². The van der Waals surface area contributed by atoms with Gasteiger partial charge in [0.25, 0.3) is 0 Å². The first kappa shape index (κ1) is 58.0. The zero-order valence-corrected chi connectivity index (χ0v) is 39.1. The van der Waals surface area contributed by atoms with Crippen molar-refractivity contribution in [1.29, 1.82) is 0 Å². The largest absolute Gasteiger partial charge is 0.480 e. The van der Waals surface area contributed by atoms with E-state index in [1.165, 1.54) is 40.2 Å². The van der Waals surface area contributed by atoms with Gasteiger partial charge >= 0.3 is 13.8 Å². The zero-order valence-electron chi connectivity index (χ0n) is 38.2. The first-order chi connectivity index (χ1) is 31.7. The number of phosphoric ester groups is 1. The van der Waals surface area contributed by atoms with Crippen LogP contribution in [-0.4, -0.2) is 186 Å². The third-order valence-electron chi connectivity index (χ3n) is 10.1. The van der Waals surface area contributed by atoms with Crippen molar-refractivity contribution in [3.63, 3.8) is 0 Å². The van der Waals surface area contributed by atoms with Gasteiger partial charge in [-0.15, -0.1) is 0 Å². The predicted molar refractivity (Wildman–Crippen MR) is 232 cm³/mol. The van der Waals surface area contributed by atoms with Crippen LogP contribution in [0.3, 0.4) is 0 Å². The van der Waals surface area contributed by atoms with Crippen LogP contribution in [0.2, 0.25) is 0 Å². The molecule has 0 bridgehead atoms. The maximum absolute atomic E-state index is 13.8. The topological polar surface area (TPSA) is 452 Å². The van der Waals surface area contributed by atoms with Gasteiger partial charge in [0.2, 0.25) is 53.2 Å². The number of aliphatic hydroxyl groups excluding tert-OH is 2. The quantitative estimate of drug-likeness (QED) is 0.0364. The fourth-order valence-corrected chi connectivity index (χ4v) is 6.68. The molecule has 0 aliphatic carbocycles. The molecule has 1 saturated heterocycles. The number of aliphatic carboxylic acids is 1. The van der Waals surface area contributed by atoms with Crippen LogP contribution in [0.1, 0.15) is 66.5 Å². The number of nitrogens with two attached hydrogens (primary N) is 1. The highest BCUT2D eigenvalue weighted by atomic mass is 31.2. The van der Waals surface area contributed by atoms with Crippen LogP contribution in [-0.2, 0) is 63.5 Å². The third-order valence-corrected chi connectivity index (χ3v) is 10.6. The molecule has 1 aromatic rings. The van der Waals surface area contributed by atoms with Crippen LogP contribution >= 0.6 is 7.82 Å². The number of imidazole rings is 1. The van der Waals surface area contributed by atoms with Crippen molar-refractivity contribution in [3.8, 4) is 0 Å². The van der Waals surface area contributed by atoms with Gasteiger partial charge in [-0.3, -0.25) is 52.5 Å². The second kappa shape index (κ2) is 27.0. The molecule has 30 heteroatoms. The Morgan fingerprint density at radius 3 is 1.75 bits per heavy atom. The summed E-state index contributed by atoms with van der Waals surface area (Å²) < 4.78 is 16.1. The molecule has 1 aromatic heterocycles. The van der Waals surface area contributed by atoms with E-state index in [2.05, 4.69) is 57.0 Å². The molecule has 16 N–H and O–H groups in total. The lowest BCUT2D eigenvalue weighted by molar-refractivity contribution is -0.143. The Kier molecular flexibility index (Phi) is 23.1. The van der Waals surface area contributed by atoms with Gasteiger partial charge in [-0.2, -0.15) is 0 Å². The molecular weight excluding hydrogens is 927 g/mol. The first-order valence-electron chi connectivity index (χ1n) is 21.3. The Labute approximate surface area is 389 Å². The smallest absolute Gasteiger partial charge is 0.469 e. The normalized spacial score (nSPS) is 17.6. The molecule has 1 aliphatic heterocycles. The maximum Gasteiger partial charge on any atom is 0.469 e. The number of nitrogens with one attached hydrogen (secondary N) is 9. The number of aromatic amines is 1. The van der Waals surface area contributed by atoms with Gasteiger partial charge in [-0.1, -0.05) is 13.8 Å². The minimum Gasteiger partial charge on any atom is -0.480 e. The molecule has 2 heterocycles. The standard InChI is InChI=1S/C38H63N12O17P/c1-17(2)10-23(32(56)44-21(6)38(62)63)46-34(58)25(13-51)47-31(55)20(5)43-36(60)28-8-7-9-50(28)37(61)26(14-52)48-35(59)27(15-67-68(64,65)66)49-33(57)24(11-22-12-40-16-41-22)45-30(54)19(4)42-29(53)18(3)39/h12,16-21,23-28,51-52H,7-11,13-15,39H2,1-6H3,(H,40,41)(H,42,53)(H,43,60)(H,44,56)(H,45,54)(H,46,58)(H,47,55)(H,48,59)(H,49,57)(H,62,63)(H2,64,65,66)/t18-,19-,20-,21-,23-,24-,25-,26-,27-,28-/m0/s1. The van der Waals surface area contributed by atoms with Crippen molar-refractivity contribution < 1.29 is 82.1 Å². The van der Waals surface area contributed by atoms with Crippen LogP contribution < -0.4 is 48.3 Å². The molecule has 0 aromatic carbocycles. The Morgan fingerprint density at radius 1 is 0.721 bits per heavy atom. The number of carboxylic acid groups (broad SMARTS) is 1. The van der Waals surface area contributed by atoms with Crippen LogP contribution in [0.15, 0.2) is 12.5 Å². The van der Waals surface area contributed by atoms with E-state index < -0.39 is 147 Å². The summed E-state index contributed by atoms with van der Waals surface area (Å²) in [6.07, 6.45) is 2.61. The van der Waals surface area contributed by atoms with Crippen molar-refractivity contribution in [2.45, 2.75) is 128 Å². The van der Waals surface area contributed by atoms with Crippen LogP contribution in [0.25, 0.3) is 0 Å². The van der Waals surface area contributed by atoms with E-state index >= 15 is 0 Å². The van der Waals surface area contributed by atoms with Crippen molar-refractivity contribution in [2.75, 3.05) is 26.4 Å². The summed E-state index contributed by atoms with van der Waals surface area (Å²) in [5.74, 6) is -10.2. The summed E-state index contributed by atoms with van der Waals surface area (Å²) in [4.78, 5) is 156. The molecule has 0 unspecified atom stereocenters. The molecule has 0 saturated carbocycles. The fraction of sp³-hybridized carbons (Fsp3) is 0.658. The number of nitrogens with zero attached hydrogens (tertiary/aromatic N) is 2. The monoisotopic (exact) mass is 990 g/mol. The Bertz CT molecular complexity index is 2000. The number of carboxylic acids is 1. The van der Waals surface area contributed by atoms with E-state index in [1.54, 1.807) is 13.8 Å². The molecule has 68 heavy (non-hydrogen) atoms. The van der Waals surface area contributed by atoms with Crippen molar-refractivity contribution in [1.82, 2.24) is 57.4 Å². The second-order valence-corrected chi connectivity index (χ2v) is 17.6. The van der Waals surface area contributed by atoms with Gasteiger partial charge in [0.1, 0.15) is 54.4 Å². The molecule has 9 amide bonds. The summed E-state index contributed by atoms with van der Waals surface area (Å²) in [5, 5.41) is 47.7. The number of phosphoric acid groups is 1. The number of hydrogen-bond donors (Lipinski definition) is 15. The van der Waals surface area contributed by atoms with Crippen LogP contribution in [0, 0.1) is 5.92 Å². The van der Waals surface area contributed by atoms with Gasteiger partial charge < -0.3 is 83.3 Å². The molecule has 10 atom stereocenters. The Balaban J connectivity index is 2.20. The molecular formula is C38H63N12O17P. The lowest BCUT2D eigenvalue weighted by Gasteiger charge is -2.30. The van der Waals surface area contributed by atoms with E-state index in [0.717, 1.165) is 4.90 Å². The molecule has 1 aliphatic rings. The fourth-order valence-electron chi connectivity index (χ4n) is 6.34. The lowest BCUT2D eigenvalue weighted by Crippen LogP contribution is -2.61. The third kappa shape index (κ3) is 18.9. The van der Waals surface area contributed by atoms with Gasteiger partial charge in [0, 0.05) is 24.9 Å². The average molecular weight is 991 g/mol. The molecule has 2 rings (SSSR count). The number of hydrogen-bond acceptors (Lipinski definition) is 16. The molecule has 0 spiro atoms. The number of aromatic nitrogens is 2. The lowest BCUT2D eigenvalue weighted by atomic mass is 10.0. The number of rotatable bonds is 27. The van der Waals surface area contributed by atoms with E-state index in [0.29, 0.717) is 5.69 Å². The minimum absolute atomic E-state index is 0.0330. The molecule has 382 valence electrons. The Morgan fingerprint density at radius 2 is 1.22 bits per heavy atom. The van der Waals surface area contributed by atoms with Gasteiger partial charge in [0.05, 0.1) is 32.2 Å². The number of aliphatic hydroxyl groups is 2. The van der Waals surface area contributed by atoms with E-state index in [9.17, 15) is 72.5 Å².